The first-order chi connectivity index (χ1) is 7.15. The van der Waals surface area contributed by atoms with Crippen molar-refractivity contribution in [2.45, 2.75) is 13.5 Å². The van der Waals surface area contributed by atoms with Crippen LogP contribution in [-0.4, -0.2) is 15.6 Å². The molecule has 2 aromatic heterocycles. The van der Waals surface area contributed by atoms with Crippen LogP contribution in [0, 0.1) is 10.5 Å². The Morgan fingerprint density at radius 2 is 2.40 bits per heavy atom. The highest BCUT2D eigenvalue weighted by Crippen LogP contribution is 2.16. The average Bonchev–Trinajstić information content (AvgIpc) is 2.75. The van der Waals surface area contributed by atoms with Crippen LogP contribution in [0.4, 0.5) is 0 Å². The van der Waals surface area contributed by atoms with Crippen molar-refractivity contribution in [2.24, 2.45) is 0 Å². The lowest BCUT2D eigenvalue weighted by atomic mass is 10.3. The van der Waals surface area contributed by atoms with Gasteiger partial charge in [-0.05, 0) is 41.6 Å². The summed E-state index contributed by atoms with van der Waals surface area (Å²) in [6.45, 7) is 2.32. The minimum atomic E-state index is 0.118. The summed E-state index contributed by atoms with van der Waals surface area (Å²) in [6, 6.07) is 3.83. The fraction of sp³-hybridized carbons (Fsp3) is 0.200. The van der Waals surface area contributed by atoms with E-state index in [-0.39, 0.29) is 5.78 Å². The van der Waals surface area contributed by atoms with Gasteiger partial charge in [0.2, 0.25) is 0 Å². The smallest absolute Gasteiger partial charge is 0.194 e. The van der Waals surface area contributed by atoms with Crippen LogP contribution in [0.1, 0.15) is 14.5 Å². The number of halogens is 1. The predicted octanol–water partition coefficient (Wildman–Crippen LogP) is 2.74. The van der Waals surface area contributed by atoms with Gasteiger partial charge in [0.1, 0.15) is 6.54 Å². The first-order valence-corrected chi connectivity index (χ1v) is 6.32. The van der Waals surface area contributed by atoms with E-state index in [1.54, 1.807) is 10.9 Å². The summed E-state index contributed by atoms with van der Waals surface area (Å²) in [4.78, 5) is 13.7. The van der Waals surface area contributed by atoms with Crippen LogP contribution in [0.25, 0.3) is 0 Å². The number of nitrogens with zero attached hydrogens (tertiary/aromatic N) is 2. The van der Waals surface area contributed by atoms with Crippen LogP contribution in [0.15, 0.2) is 24.5 Å². The SMILES string of the molecule is Cc1ccc(C(=O)Cn2cc(I)cn2)s1. The van der Waals surface area contributed by atoms with Crippen LogP contribution in [0.3, 0.4) is 0 Å². The third-order valence-corrected chi connectivity index (χ3v) is 3.52. The highest BCUT2D eigenvalue weighted by Gasteiger charge is 2.09. The third-order valence-electron chi connectivity index (χ3n) is 1.92. The van der Waals surface area contributed by atoms with Crippen molar-refractivity contribution >= 4 is 39.7 Å². The van der Waals surface area contributed by atoms with Gasteiger partial charge in [-0.1, -0.05) is 0 Å². The second-order valence-corrected chi connectivity index (χ2v) is 5.72. The summed E-state index contributed by atoms with van der Waals surface area (Å²) in [6.07, 6.45) is 3.60. The summed E-state index contributed by atoms with van der Waals surface area (Å²) < 4.78 is 2.71. The van der Waals surface area contributed by atoms with Gasteiger partial charge in [0.25, 0.3) is 0 Å². The van der Waals surface area contributed by atoms with Crippen molar-refractivity contribution in [1.82, 2.24) is 9.78 Å². The molecule has 5 heteroatoms. The number of aromatic nitrogens is 2. The molecule has 0 aliphatic rings. The van der Waals surface area contributed by atoms with E-state index < -0.39 is 0 Å². The van der Waals surface area contributed by atoms with E-state index >= 15 is 0 Å². The van der Waals surface area contributed by atoms with Crippen LogP contribution in [0.2, 0.25) is 0 Å². The normalized spacial score (nSPS) is 10.5. The van der Waals surface area contributed by atoms with Crippen molar-refractivity contribution in [3.05, 3.63) is 37.9 Å². The highest BCUT2D eigenvalue weighted by molar-refractivity contribution is 14.1. The Bertz CT molecular complexity index is 489. The number of rotatable bonds is 3. The Kier molecular flexibility index (Phi) is 3.20. The summed E-state index contributed by atoms with van der Waals surface area (Å²) in [5, 5.41) is 4.08. The van der Waals surface area contributed by atoms with Gasteiger partial charge in [-0.25, -0.2) is 0 Å². The minimum absolute atomic E-state index is 0.118. The molecule has 0 atom stereocenters. The Balaban J connectivity index is 2.10. The Hall–Kier alpha value is -0.690. The number of carbonyl (C=O) groups excluding carboxylic acids is 1. The molecule has 0 aliphatic carbocycles. The monoisotopic (exact) mass is 332 g/mol. The quantitative estimate of drug-likeness (QED) is 0.640. The maximum Gasteiger partial charge on any atom is 0.194 e. The van der Waals surface area contributed by atoms with Crippen LogP contribution < -0.4 is 0 Å². The second kappa shape index (κ2) is 4.44. The zero-order valence-corrected chi connectivity index (χ0v) is 11.1. The lowest BCUT2D eigenvalue weighted by Gasteiger charge is -1.97. The van der Waals surface area contributed by atoms with E-state index in [9.17, 15) is 4.79 Å². The average molecular weight is 332 g/mol. The van der Waals surface area contributed by atoms with Gasteiger partial charge in [-0.3, -0.25) is 9.48 Å². The van der Waals surface area contributed by atoms with Gasteiger partial charge in [0.05, 0.1) is 14.6 Å². The molecule has 0 amide bonds. The molecule has 2 aromatic rings. The molecule has 3 nitrogen and oxygen atoms in total. The summed E-state index contributed by atoms with van der Waals surface area (Å²) in [5.74, 6) is 0.118. The molecule has 2 rings (SSSR count). The van der Waals surface area contributed by atoms with Gasteiger partial charge in [0, 0.05) is 11.1 Å². The molecule has 0 spiro atoms. The Morgan fingerprint density at radius 3 is 2.93 bits per heavy atom. The lowest BCUT2D eigenvalue weighted by Crippen LogP contribution is -2.09. The van der Waals surface area contributed by atoms with Gasteiger partial charge in [-0.2, -0.15) is 5.10 Å². The lowest BCUT2D eigenvalue weighted by molar-refractivity contribution is 0.0971. The largest absolute Gasteiger partial charge is 0.291 e. The minimum Gasteiger partial charge on any atom is -0.291 e. The molecule has 0 saturated carbocycles. The fourth-order valence-corrected chi connectivity index (χ4v) is 2.48. The highest BCUT2D eigenvalue weighted by atomic mass is 127. The van der Waals surface area contributed by atoms with Crippen LogP contribution in [0.5, 0.6) is 0 Å². The molecule has 0 radical (unpaired) electrons. The topological polar surface area (TPSA) is 34.9 Å². The van der Waals surface area contributed by atoms with E-state index in [0.717, 1.165) is 13.3 Å². The Morgan fingerprint density at radius 1 is 1.60 bits per heavy atom. The summed E-state index contributed by atoms with van der Waals surface area (Å²) in [7, 11) is 0. The maximum absolute atomic E-state index is 11.8. The predicted molar refractivity (Wildman–Crippen MR) is 68.3 cm³/mol. The van der Waals surface area contributed by atoms with Crippen molar-refractivity contribution in [1.29, 1.82) is 0 Å². The van der Waals surface area contributed by atoms with E-state index in [0.29, 0.717) is 6.54 Å². The molecule has 0 unspecified atom stereocenters. The number of Topliss-reactive ketones (excluding diaryl/α,β-unsaturated/α-hetero) is 1. The molecule has 15 heavy (non-hydrogen) atoms. The number of hydrogen-bond donors (Lipinski definition) is 0. The van der Waals surface area contributed by atoms with E-state index in [1.807, 2.05) is 25.3 Å². The van der Waals surface area contributed by atoms with Crippen LogP contribution >= 0.6 is 33.9 Å². The van der Waals surface area contributed by atoms with Gasteiger partial charge >= 0.3 is 0 Å². The molecule has 0 saturated heterocycles. The standard InChI is InChI=1S/C10H9IN2OS/c1-7-2-3-10(15-7)9(14)6-13-5-8(11)4-12-13/h2-5H,6H2,1H3. The Labute approximate surface area is 105 Å². The van der Waals surface area contributed by atoms with Gasteiger partial charge in [-0.15, -0.1) is 11.3 Å². The number of carbonyl (C=O) groups is 1. The number of thiophene rings is 1. The molecular formula is C10H9IN2OS. The molecule has 0 bridgehead atoms. The van der Waals surface area contributed by atoms with Crippen molar-refractivity contribution in [3.63, 3.8) is 0 Å². The van der Waals surface area contributed by atoms with Crippen molar-refractivity contribution < 1.29 is 4.79 Å². The molecule has 2 heterocycles. The fourth-order valence-electron chi connectivity index (χ4n) is 1.23. The van der Waals surface area contributed by atoms with E-state index in [2.05, 4.69) is 27.7 Å². The molecule has 0 N–H and O–H groups in total. The van der Waals surface area contributed by atoms with Crippen molar-refractivity contribution in [2.75, 3.05) is 0 Å². The van der Waals surface area contributed by atoms with Gasteiger partial charge < -0.3 is 0 Å². The second-order valence-electron chi connectivity index (χ2n) is 3.19. The van der Waals surface area contributed by atoms with E-state index in [1.165, 1.54) is 11.3 Å². The van der Waals surface area contributed by atoms with Crippen LogP contribution in [-0.2, 0) is 6.54 Å². The molecule has 0 aromatic carbocycles. The first-order valence-electron chi connectivity index (χ1n) is 4.43. The molecule has 0 aliphatic heterocycles. The third kappa shape index (κ3) is 2.66. The van der Waals surface area contributed by atoms with E-state index in [4.69, 9.17) is 0 Å². The zero-order chi connectivity index (χ0) is 10.8. The van der Waals surface area contributed by atoms with Gasteiger partial charge in [0.15, 0.2) is 5.78 Å². The molecule has 0 fully saturated rings. The first kappa shape index (κ1) is 10.8. The number of hydrogen-bond acceptors (Lipinski definition) is 3. The summed E-state index contributed by atoms with van der Waals surface area (Å²) >= 11 is 3.70. The summed E-state index contributed by atoms with van der Waals surface area (Å²) in [5.41, 5.74) is 0. The maximum atomic E-state index is 11.8. The zero-order valence-electron chi connectivity index (χ0n) is 8.11. The van der Waals surface area contributed by atoms with Crippen molar-refractivity contribution in [3.8, 4) is 0 Å². The number of ketones is 1. The molecular weight excluding hydrogens is 323 g/mol. The molecule has 78 valence electrons. The number of aryl methyl sites for hydroxylation is 1.